The molecule has 0 bridgehead atoms. The molecule has 0 spiro atoms. The summed E-state index contributed by atoms with van der Waals surface area (Å²) in [5, 5.41) is 8.65. The predicted molar refractivity (Wildman–Crippen MR) is 52.1 cm³/mol. The first-order valence-electron chi connectivity index (χ1n) is 3.69. The van der Waals surface area contributed by atoms with E-state index in [9.17, 15) is 13.6 Å². The number of hydrogen-bond acceptors (Lipinski definition) is 3. The van der Waals surface area contributed by atoms with Crippen LogP contribution in [0.4, 0.5) is 14.5 Å². The Labute approximate surface area is 91.8 Å². The Balaban J connectivity index is 3.19. The maximum atomic E-state index is 11.9. The fourth-order valence-electron chi connectivity index (χ4n) is 0.910. The van der Waals surface area contributed by atoms with Gasteiger partial charge in [-0.25, -0.2) is 4.79 Å². The van der Waals surface area contributed by atoms with Crippen molar-refractivity contribution in [1.82, 2.24) is 0 Å². The second-order valence-corrected chi connectivity index (χ2v) is 3.41. The highest BCUT2D eigenvalue weighted by Gasteiger charge is 2.14. The number of anilines is 1. The molecule has 0 atom stereocenters. The third-order valence-electron chi connectivity index (χ3n) is 1.55. The molecule has 7 heteroatoms. The molecule has 0 radical (unpaired) electrons. The molecule has 0 aromatic heterocycles. The topological polar surface area (TPSA) is 72.6 Å². The molecule has 15 heavy (non-hydrogen) atoms. The summed E-state index contributed by atoms with van der Waals surface area (Å²) >= 11 is 2.94. The van der Waals surface area contributed by atoms with E-state index in [2.05, 4.69) is 20.7 Å². The molecule has 3 N–H and O–H groups in total. The summed E-state index contributed by atoms with van der Waals surface area (Å²) in [7, 11) is 0. The van der Waals surface area contributed by atoms with E-state index in [4.69, 9.17) is 10.8 Å². The van der Waals surface area contributed by atoms with Crippen LogP contribution < -0.4 is 10.5 Å². The van der Waals surface area contributed by atoms with Gasteiger partial charge in [-0.15, -0.1) is 0 Å². The molecule has 0 heterocycles. The molecule has 4 nitrogen and oxygen atoms in total. The van der Waals surface area contributed by atoms with Crippen molar-refractivity contribution in [3.63, 3.8) is 0 Å². The van der Waals surface area contributed by atoms with Crippen LogP contribution in [-0.4, -0.2) is 17.7 Å². The number of ether oxygens (including phenoxy) is 1. The normalized spacial score (nSPS) is 10.4. The molecule has 0 aliphatic rings. The van der Waals surface area contributed by atoms with Crippen molar-refractivity contribution in [1.29, 1.82) is 0 Å². The maximum absolute atomic E-state index is 11.9. The Bertz CT molecular complexity index is 398. The summed E-state index contributed by atoms with van der Waals surface area (Å²) in [4.78, 5) is 10.6. The van der Waals surface area contributed by atoms with E-state index in [1.54, 1.807) is 0 Å². The molecule has 0 amide bonds. The van der Waals surface area contributed by atoms with Gasteiger partial charge in [-0.3, -0.25) is 0 Å². The van der Waals surface area contributed by atoms with Crippen molar-refractivity contribution in [2.45, 2.75) is 6.61 Å². The van der Waals surface area contributed by atoms with E-state index < -0.39 is 12.6 Å². The van der Waals surface area contributed by atoms with Gasteiger partial charge in [-0.2, -0.15) is 8.78 Å². The van der Waals surface area contributed by atoms with Crippen molar-refractivity contribution in [3.05, 3.63) is 22.2 Å². The van der Waals surface area contributed by atoms with E-state index in [1.807, 2.05) is 0 Å². The van der Waals surface area contributed by atoms with Crippen molar-refractivity contribution in [3.8, 4) is 5.75 Å². The predicted octanol–water partition coefficient (Wildman–Crippen LogP) is 2.33. The zero-order chi connectivity index (χ0) is 11.6. The second-order valence-electron chi connectivity index (χ2n) is 2.55. The van der Waals surface area contributed by atoms with Crippen molar-refractivity contribution >= 4 is 27.6 Å². The summed E-state index contributed by atoms with van der Waals surface area (Å²) in [6.45, 7) is -3.05. The van der Waals surface area contributed by atoms with Gasteiger partial charge >= 0.3 is 12.6 Å². The van der Waals surface area contributed by atoms with Crippen LogP contribution in [0.1, 0.15) is 10.4 Å². The number of hydrogen-bond donors (Lipinski definition) is 2. The fraction of sp³-hybridized carbons (Fsp3) is 0.125. The second kappa shape index (κ2) is 4.43. The number of halogens is 3. The molecule has 0 saturated heterocycles. The molecule has 1 aromatic rings. The highest BCUT2D eigenvalue weighted by Crippen LogP contribution is 2.32. The van der Waals surface area contributed by atoms with Crippen LogP contribution in [0.25, 0.3) is 0 Å². The van der Waals surface area contributed by atoms with Gasteiger partial charge in [0.2, 0.25) is 0 Å². The fourth-order valence-corrected chi connectivity index (χ4v) is 1.35. The third-order valence-corrected chi connectivity index (χ3v) is 2.21. The van der Waals surface area contributed by atoms with Crippen molar-refractivity contribution < 1.29 is 23.4 Å². The number of aromatic carboxylic acids is 1. The van der Waals surface area contributed by atoms with Crippen LogP contribution >= 0.6 is 15.9 Å². The molecular formula is C8H6BrF2NO3. The standard InChI is InChI=1S/C8H6BrF2NO3/c9-4-1-3(7(13)14)2-5(6(4)12)15-8(10)11/h1-2,8H,12H2,(H,13,14). The van der Waals surface area contributed by atoms with Gasteiger partial charge in [0.1, 0.15) is 0 Å². The Morgan fingerprint density at radius 2 is 2.13 bits per heavy atom. The van der Waals surface area contributed by atoms with E-state index in [1.165, 1.54) is 6.07 Å². The average Bonchev–Trinajstić information content (AvgIpc) is 2.11. The van der Waals surface area contributed by atoms with Crippen LogP contribution in [0.3, 0.4) is 0 Å². The van der Waals surface area contributed by atoms with Gasteiger partial charge < -0.3 is 15.6 Å². The summed E-state index contributed by atoms with van der Waals surface area (Å²) in [6, 6.07) is 2.14. The number of nitrogen functional groups attached to an aromatic ring is 1. The summed E-state index contributed by atoms with van der Waals surface area (Å²) in [6.07, 6.45) is 0. The smallest absolute Gasteiger partial charge is 0.387 e. The average molecular weight is 282 g/mol. The third kappa shape index (κ3) is 2.79. The molecular weight excluding hydrogens is 276 g/mol. The molecule has 0 fully saturated rings. The molecule has 0 saturated carbocycles. The quantitative estimate of drug-likeness (QED) is 0.834. The molecule has 0 aliphatic carbocycles. The SMILES string of the molecule is Nc1c(Br)cc(C(=O)O)cc1OC(F)F. The number of benzene rings is 1. The molecule has 1 aromatic carbocycles. The minimum absolute atomic E-state index is 0.0692. The van der Waals surface area contributed by atoms with Gasteiger partial charge in [0, 0.05) is 4.47 Å². The molecule has 1 rings (SSSR count). The van der Waals surface area contributed by atoms with Crippen molar-refractivity contribution in [2.24, 2.45) is 0 Å². The first-order chi connectivity index (χ1) is 6.91. The van der Waals surface area contributed by atoms with Gasteiger partial charge in [-0.1, -0.05) is 0 Å². The minimum Gasteiger partial charge on any atom is -0.478 e. The first kappa shape index (κ1) is 11.7. The first-order valence-corrected chi connectivity index (χ1v) is 4.48. The number of alkyl halides is 2. The maximum Gasteiger partial charge on any atom is 0.387 e. The van der Waals surface area contributed by atoms with Gasteiger partial charge in [-0.05, 0) is 28.1 Å². The lowest BCUT2D eigenvalue weighted by molar-refractivity contribution is -0.0494. The van der Waals surface area contributed by atoms with Crippen LogP contribution in [0.2, 0.25) is 0 Å². The Kier molecular flexibility index (Phi) is 3.46. The zero-order valence-corrected chi connectivity index (χ0v) is 8.79. The van der Waals surface area contributed by atoms with Crippen LogP contribution in [0.5, 0.6) is 5.75 Å². The Morgan fingerprint density at radius 3 is 2.60 bits per heavy atom. The van der Waals surface area contributed by atoms with Crippen LogP contribution in [-0.2, 0) is 0 Å². The zero-order valence-electron chi connectivity index (χ0n) is 7.21. The largest absolute Gasteiger partial charge is 0.478 e. The summed E-state index contributed by atoms with van der Waals surface area (Å²) < 4.78 is 28.1. The Hall–Kier alpha value is -1.37. The molecule has 0 aliphatic heterocycles. The van der Waals surface area contributed by atoms with E-state index in [0.29, 0.717) is 0 Å². The van der Waals surface area contributed by atoms with E-state index in [0.717, 1.165) is 6.07 Å². The molecule has 82 valence electrons. The lowest BCUT2D eigenvalue weighted by atomic mass is 10.2. The lowest BCUT2D eigenvalue weighted by Gasteiger charge is -2.09. The van der Waals surface area contributed by atoms with Crippen LogP contribution in [0.15, 0.2) is 16.6 Å². The number of carboxylic acid groups (broad SMARTS) is 1. The van der Waals surface area contributed by atoms with E-state index in [-0.39, 0.29) is 21.5 Å². The number of carbonyl (C=O) groups is 1. The van der Waals surface area contributed by atoms with Gasteiger partial charge in [0.25, 0.3) is 0 Å². The number of rotatable bonds is 3. The van der Waals surface area contributed by atoms with Crippen molar-refractivity contribution in [2.75, 3.05) is 5.73 Å². The van der Waals surface area contributed by atoms with Crippen LogP contribution in [0, 0.1) is 0 Å². The Morgan fingerprint density at radius 1 is 1.53 bits per heavy atom. The lowest BCUT2D eigenvalue weighted by Crippen LogP contribution is -2.07. The van der Waals surface area contributed by atoms with Gasteiger partial charge in [0.15, 0.2) is 5.75 Å². The highest BCUT2D eigenvalue weighted by molar-refractivity contribution is 9.10. The molecule has 0 unspecified atom stereocenters. The van der Waals surface area contributed by atoms with E-state index >= 15 is 0 Å². The number of nitrogens with two attached hydrogens (primary N) is 1. The summed E-state index contributed by atoms with van der Waals surface area (Å²) in [5.41, 5.74) is 5.14. The number of carboxylic acids is 1. The highest BCUT2D eigenvalue weighted by atomic mass is 79.9. The monoisotopic (exact) mass is 281 g/mol. The minimum atomic E-state index is -3.05. The summed E-state index contributed by atoms with van der Waals surface area (Å²) in [5.74, 6) is -1.62. The van der Waals surface area contributed by atoms with Gasteiger partial charge in [0.05, 0.1) is 11.3 Å².